The Morgan fingerprint density at radius 3 is 2.45 bits per heavy atom. The molecule has 0 spiro atoms. The van der Waals surface area contributed by atoms with E-state index in [0.29, 0.717) is 21.8 Å². The summed E-state index contributed by atoms with van der Waals surface area (Å²) in [4.78, 5) is 39.1. The molecule has 1 unspecified atom stereocenters. The fourth-order valence-corrected chi connectivity index (χ4v) is 5.53. The first-order chi connectivity index (χ1) is 18.4. The third-order valence-corrected chi connectivity index (χ3v) is 7.47. The molecule has 9 heteroatoms. The molecular formula is C29H25FN2O4S2. The predicted molar refractivity (Wildman–Crippen MR) is 150 cm³/mol. The van der Waals surface area contributed by atoms with Gasteiger partial charge in [0.2, 0.25) is 5.91 Å². The number of anilines is 2. The minimum absolute atomic E-state index is 0.0541. The van der Waals surface area contributed by atoms with Crippen LogP contribution in [-0.2, 0) is 9.53 Å². The zero-order chi connectivity index (χ0) is 27.1. The molecule has 0 radical (unpaired) electrons. The topological polar surface area (TPSA) is 84.5 Å². The Hall–Kier alpha value is -3.95. The largest absolute Gasteiger partial charge is 0.462 e. The predicted octanol–water partition coefficient (Wildman–Crippen LogP) is 7.10. The van der Waals surface area contributed by atoms with Crippen LogP contribution >= 0.6 is 23.1 Å². The number of rotatable bonds is 9. The molecule has 0 aliphatic carbocycles. The second-order valence-corrected chi connectivity index (χ2v) is 10.4. The van der Waals surface area contributed by atoms with E-state index < -0.39 is 22.9 Å². The van der Waals surface area contributed by atoms with E-state index in [2.05, 4.69) is 10.6 Å². The van der Waals surface area contributed by atoms with Gasteiger partial charge in [0.1, 0.15) is 16.4 Å². The molecule has 3 aromatic carbocycles. The molecule has 0 bridgehead atoms. The van der Waals surface area contributed by atoms with Crippen LogP contribution in [-0.4, -0.2) is 29.6 Å². The van der Waals surface area contributed by atoms with Crippen molar-refractivity contribution in [2.45, 2.75) is 24.0 Å². The van der Waals surface area contributed by atoms with Gasteiger partial charge in [-0.05, 0) is 49.7 Å². The number of carbonyl (C=O) groups is 3. The van der Waals surface area contributed by atoms with Crippen LogP contribution in [0.2, 0.25) is 0 Å². The molecule has 0 fully saturated rings. The van der Waals surface area contributed by atoms with Gasteiger partial charge in [0, 0.05) is 21.5 Å². The third kappa shape index (κ3) is 6.48. The molecule has 0 aliphatic heterocycles. The minimum Gasteiger partial charge on any atom is -0.462 e. The molecule has 2 amide bonds. The summed E-state index contributed by atoms with van der Waals surface area (Å²) in [7, 11) is 0. The molecule has 2 N–H and O–H groups in total. The highest BCUT2D eigenvalue weighted by molar-refractivity contribution is 8.00. The van der Waals surface area contributed by atoms with E-state index in [0.717, 1.165) is 10.5 Å². The first-order valence-electron chi connectivity index (χ1n) is 11.8. The lowest BCUT2D eigenvalue weighted by atomic mass is 10.0. The molecule has 1 aromatic heterocycles. The van der Waals surface area contributed by atoms with Gasteiger partial charge in [0.25, 0.3) is 5.91 Å². The van der Waals surface area contributed by atoms with Gasteiger partial charge in [0.05, 0.1) is 17.4 Å². The van der Waals surface area contributed by atoms with E-state index in [1.54, 1.807) is 38.1 Å². The van der Waals surface area contributed by atoms with Gasteiger partial charge in [0.15, 0.2) is 0 Å². The quantitative estimate of drug-likeness (QED) is 0.172. The number of amides is 2. The van der Waals surface area contributed by atoms with E-state index in [9.17, 15) is 18.8 Å². The Bertz CT molecular complexity index is 1460. The van der Waals surface area contributed by atoms with Gasteiger partial charge in [-0.25, -0.2) is 9.18 Å². The van der Waals surface area contributed by atoms with Crippen molar-refractivity contribution in [3.63, 3.8) is 0 Å². The summed E-state index contributed by atoms with van der Waals surface area (Å²) >= 11 is 2.56. The van der Waals surface area contributed by atoms with Gasteiger partial charge in [-0.3, -0.25) is 9.59 Å². The lowest BCUT2D eigenvalue weighted by molar-refractivity contribution is -0.115. The van der Waals surface area contributed by atoms with Crippen LogP contribution in [0, 0.1) is 5.82 Å². The molecule has 194 valence electrons. The maximum absolute atomic E-state index is 13.9. The summed E-state index contributed by atoms with van der Waals surface area (Å²) in [6.07, 6.45) is 0. The average Bonchev–Trinajstić information content (AvgIpc) is 3.33. The van der Waals surface area contributed by atoms with Gasteiger partial charge in [-0.1, -0.05) is 48.5 Å². The number of nitrogens with one attached hydrogen (secondary N) is 2. The summed E-state index contributed by atoms with van der Waals surface area (Å²) in [5.41, 5.74) is 2.30. The molecule has 4 rings (SSSR count). The Kier molecular flexibility index (Phi) is 8.93. The van der Waals surface area contributed by atoms with Crippen LogP contribution in [0.25, 0.3) is 11.1 Å². The molecule has 1 atom stereocenters. The number of hydrogen-bond donors (Lipinski definition) is 2. The number of carbonyl (C=O) groups excluding carboxylic acids is 3. The van der Waals surface area contributed by atoms with Crippen molar-refractivity contribution in [2.24, 2.45) is 0 Å². The maximum atomic E-state index is 13.9. The van der Waals surface area contributed by atoms with Crippen LogP contribution < -0.4 is 10.6 Å². The van der Waals surface area contributed by atoms with E-state index in [4.69, 9.17) is 4.74 Å². The molecule has 0 saturated carbocycles. The summed E-state index contributed by atoms with van der Waals surface area (Å²) in [6, 6.07) is 22.2. The third-order valence-electron chi connectivity index (χ3n) is 5.48. The van der Waals surface area contributed by atoms with Crippen LogP contribution in [0.4, 0.5) is 15.1 Å². The molecule has 0 aliphatic rings. The summed E-state index contributed by atoms with van der Waals surface area (Å²) in [5, 5.41) is 7.30. The van der Waals surface area contributed by atoms with Crippen molar-refractivity contribution in [3.8, 4) is 11.1 Å². The molecule has 0 saturated heterocycles. The highest BCUT2D eigenvalue weighted by Crippen LogP contribution is 2.37. The zero-order valence-corrected chi connectivity index (χ0v) is 22.3. The number of ether oxygens (including phenoxy) is 1. The lowest BCUT2D eigenvalue weighted by Gasteiger charge is -2.14. The molecule has 4 aromatic rings. The summed E-state index contributed by atoms with van der Waals surface area (Å²) in [6.45, 7) is 3.70. The fraction of sp³-hybridized carbons (Fsp3) is 0.138. The van der Waals surface area contributed by atoms with Gasteiger partial charge in [-0.15, -0.1) is 23.1 Å². The molecular weight excluding hydrogens is 523 g/mol. The summed E-state index contributed by atoms with van der Waals surface area (Å²) in [5.74, 6) is -1.95. The van der Waals surface area contributed by atoms with Crippen molar-refractivity contribution in [1.29, 1.82) is 0 Å². The molecule has 38 heavy (non-hydrogen) atoms. The first-order valence-corrected chi connectivity index (χ1v) is 13.6. The van der Waals surface area contributed by atoms with E-state index in [1.165, 1.54) is 41.3 Å². The average molecular weight is 549 g/mol. The SMILES string of the molecule is CCOC(=O)c1c(-c2ccccc2)csc1NC(=O)C(C)Sc1cccc(NC(=O)c2ccccc2F)c1. The maximum Gasteiger partial charge on any atom is 0.341 e. The smallest absolute Gasteiger partial charge is 0.341 e. The highest BCUT2D eigenvalue weighted by Gasteiger charge is 2.24. The van der Waals surface area contributed by atoms with Crippen molar-refractivity contribution >= 4 is 51.6 Å². The second-order valence-electron chi connectivity index (χ2n) is 8.15. The number of halogens is 1. The minimum atomic E-state index is -0.605. The van der Waals surface area contributed by atoms with Crippen molar-refractivity contribution < 1.29 is 23.5 Å². The highest BCUT2D eigenvalue weighted by atomic mass is 32.2. The van der Waals surface area contributed by atoms with Gasteiger partial charge < -0.3 is 15.4 Å². The first kappa shape index (κ1) is 27.1. The van der Waals surface area contributed by atoms with Crippen LogP contribution in [0.3, 0.4) is 0 Å². The van der Waals surface area contributed by atoms with Crippen LogP contribution in [0.15, 0.2) is 89.1 Å². The van der Waals surface area contributed by atoms with Crippen molar-refractivity contribution in [1.82, 2.24) is 0 Å². The standard InChI is InChI=1S/C29H25FN2O4S2/c1-3-36-29(35)25-23(19-10-5-4-6-11-19)17-37-28(25)32-26(33)18(2)38-21-13-9-12-20(16-21)31-27(34)22-14-7-8-15-24(22)30/h4-18H,3H2,1-2H3,(H,31,34)(H,32,33). The van der Waals surface area contributed by atoms with Crippen molar-refractivity contribution in [3.05, 3.63) is 101 Å². The second kappa shape index (κ2) is 12.5. The van der Waals surface area contributed by atoms with E-state index in [-0.39, 0.29) is 18.1 Å². The monoisotopic (exact) mass is 548 g/mol. The fourth-order valence-electron chi connectivity index (χ4n) is 3.65. The zero-order valence-electron chi connectivity index (χ0n) is 20.7. The Morgan fingerprint density at radius 1 is 0.974 bits per heavy atom. The number of hydrogen-bond acceptors (Lipinski definition) is 6. The van der Waals surface area contributed by atoms with Gasteiger partial charge in [-0.2, -0.15) is 0 Å². The number of thiophene rings is 1. The molecule has 6 nitrogen and oxygen atoms in total. The van der Waals surface area contributed by atoms with Gasteiger partial charge >= 0.3 is 5.97 Å². The number of esters is 1. The van der Waals surface area contributed by atoms with E-state index in [1.807, 2.05) is 41.8 Å². The normalized spacial score (nSPS) is 11.4. The molecule has 1 heterocycles. The van der Waals surface area contributed by atoms with Crippen molar-refractivity contribution in [2.75, 3.05) is 17.2 Å². The lowest BCUT2D eigenvalue weighted by Crippen LogP contribution is -2.23. The number of thioether (sulfide) groups is 1. The van der Waals surface area contributed by atoms with Crippen LogP contribution in [0.1, 0.15) is 34.6 Å². The Morgan fingerprint density at radius 2 is 1.71 bits per heavy atom. The Labute approximate surface area is 228 Å². The summed E-state index contributed by atoms with van der Waals surface area (Å²) < 4.78 is 19.2. The van der Waals surface area contributed by atoms with E-state index >= 15 is 0 Å². The van der Waals surface area contributed by atoms with Crippen LogP contribution in [0.5, 0.6) is 0 Å². The Balaban J connectivity index is 1.47. The number of benzene rings is 3.